The molecule has 0 fully saturated rings. The highest BCUT2D eigenvalue weighted by atomic mass is 28.4. The smallest absolute Gasteiger partial charge is 0.318 e. The van der Waals surface area contributed by atoms with Crippen molar-refractivity contribution in [2.45, 2.75) is 44.6 Å². The van der Waals surface area contributed by atoms with Crippen LogP contribution in [0.1, 0.15) is 19.4 Å². The van der Waals surface area contributed by atoms with Crippen LogP contribution in [0.5, 0.6) is 0 Å². The fourth-order valence-electron chi connectivity index (χ4n) is 2.42. The number of hydrogen-bond donors (Lipinski definition) is 0. The zero-order valence-electron chi connectivity index (χ0n) is 15.5. The molecule has 0 aliphatic carbocycles. The Balaban J connectivity index is 2.15. The summed E-state index contributed by atoms with van der Waals surface area (Å²) in [5.74, 6) is 0. The second-order valence-electron chi connectivity index (χ2n) is 7.75. The van der Waals surface area contributed by atoms with Gasteiger partial charge in [0.1, 0.15) is 0 Å². The van der Waals surface area contributed by atoms with Gasteiger partial charge < -0.3 is 4.43 Å². The van der Waals surface area contributed by atoms with Gasteiger partial charge in [0.25, 0.3) is 0 Å². The van der Waals surface area contributed by atoms with Crippen LogP contribution in [0, 0.1) is 0 Å². The normalized spacial score (nSPS) is 12.8. The van der Waals surface area contributed by atoms with Crippen LogP contribution in [0.15, 0.2) is 73.0 Å². The molecular formula is C21H29OSi2. The van der Waals surface area contributed by atoms with Crippen molar-refractivity contribution in [1.29, 1.82) is 0 Å². The lowest BCUT2D eigenvalue weighted by Gasteiger charge is -2.41. The summed E-state index contributed by atoms with van der Waals surface area (Å²) in [7, 11) is -2.50. The minimum Gasteiger partial charge on any atom is -0.543 e. The van der Waals surface area contributed by atoms with E-state index in [-0.39, 0.29) is 4.66 Å². The summed E-state index contributed by atoms with van der Waals surface area (Å²) in [5.41, 5.74) is 1.32. The highest BCUT2D eigenvalue weighted by Gasteiger charge is 2.46. The SMILES string of the molecule is CC(C)([Si](OC=CCc1ccccc1)c1ccccc1)[Si](C)(C)C. The summed E-state index contributed by atoms with van der Waals surface area (Å²) >= 11 is 0. The average Bonchev–Trinajstić information content (AvgIpc) is 2.55. The summed E-state index contributed by atoms with van der Waals surface area (Å²) in [5, 5.41) is 1.36. The Morgan fingerprint density at radius 1 is 0.917 bits per heavy atom. The zero-order chi connectivity index (χ0) is 17.6. The van der Waals surface area contributed by atoms with E-state index in [0.29, 0.717) is 0 Å². The summed E-state index contributed by atoms with van der Waals surface area (Å²) in [6.07, 6.45) is 5.00. The molecule has 0 heterocycles. The van der Waals surface area contributed by atoms with Gasteiger partial charge in [-0.2, -0.15) is 0 Å². The third-order valence-corrected chi connectivity index (χ3v) is 14.0. The Morgan fingerprint density at radius 2 is 1.46 bits per heavy atom. The van der Waals surface area contributed by atoms with E-state index in [2.05, 4.69) is 100 Å². The van der Waals surface area contributed by atoms with E-state index in [1.54, 1.807) is 0 Å². The number of rotatable bonds is 7. The van der Waals surface area contributed by atoms with Crippen molar-refractivity contribution < 1.29 is 4.43 Å². The molecule has 0 saturated heterocycles. The van der Waals surface area contributed by atoms with E-state index in [1.165, 1.54) is 10.8 Å². The Morgan fingerprint density at radius 3 is 2.00 bits per heavy atom. The summed E-state index contributed by atoms with van der Waals surface area (Å²) in [4.78, 5) is 0. The van der Waals surface area contributed by atoms with Crippen molar-refractivity contribution in [3.63, 3.8) is 0 Å². The number of hydrogen-bond acceptors (Lipinski definition) is 1. The second kappa shape index (κ2) is 7.99. The molecule has 0 unspecified atom stereocenters. The van der Waals surface area contributed by atoms with Crippen molar-refractivity contribution in [1.82, 2.24) is 0 Å². The van der Waals surface area contributed by atoms with Gasteiger partial charge in [-0.25, -0.2) is 0 Å². The lowest BCUT2D eigenvalue weighted by molar-refractivity contribution is 0.477. The minimum atomic E-state index is -1.37. The van der Waals surface area contributed by atoms with Crippen molar-refractivity contribution in [2.24, 2.45) is 0 Å². The summed E-state index contributed by atoms with van der Waals surface area (Å²) in [6, 6.07) is 21.3. The predicted molar refractivity (Wildman–Crippen MR) is 110 cm³/mol. The predicted octanol–water partition coefficient (Wildman–Crippen LogP) is 5.32. The average molecular weight is 354 g/mol. The zero-order valence-corrected chi connectivity index (χ0v) is 17.5. The minimum absolute atomic E-state index is 0.232. The van der Waals surface area contributed by atoms with Gasteiger partial charge in [-0.05, 0) is 27.9 Å². The lowest BCUT2D eigenvalue weighted by atomic mass is 10.2. The third kappa shape index (κ3) is 4.71. The van der Waals surface area contributed by atoms with Crippen molar-refractivity contribution in [2.75, 3.05) is 0 Å². The highest BCUT2D eigenvalue weighted by molar-refractivity contribution is 6.94. The van der Waals surface area contributed by atoms with Gasteiger partial charge in [0.15, 0.2) is 0 Å². The highest BCUT2D eigenvalue weighted by Crippen LogP contribution is 2.39. The molecule has 24 heavy (non-hydrogen) atoms. The largest absolute Gasteiger partial charge is 0.543 e. The molecule has 0 atom stereocenters. The maximum Gasteiger partial charge on any atom is 0.318 e. The van der Waals surface area contributed by atoms with E-state index in [1.807, 2.05) is 6.26 Å². The van der Waals surface area contributed by atoms with E-state index in [0.717, 1.165) is 6.42 Å². The van der Waals surface area contributed by atoms with E-state index < -0.39 is 17.1 Å². The molecule has 1 radical (unpaired) electrons. The molecule has 0 saturated carbocycles. The van der Waals surface area contributed by atoms with Gasteiger partial charge in [-0.15, -0.1) is 0 Å². The molecular weight excluding hydrogens is 324 g/mol. The molecule has 127 valence electrons. The first kappa shape index (κ1) is 18.7. The quantitative estimate of drug-likeness (QED) is 0.484. The fourth-order valence-corrected chi connectivity index (χ4v) is 7.64. The van der Waals surface area contributed by atoms with Gasteiger partial charge in [0, 0.05) is 0 Å². The van der Waals surface area contributed by atoms with E-state index in [4.69, 9.17) is 4.43 Å². The molecule has 0 aromatic heterocycles. The van der Waals surface area contributed by atoms with Gasteiger partial charge >= 0.3 is 9.04 Å². The molecule has 0 N–H and O–H groups in total. The first-order chi connectivity index (χ1) is 11.3. The van der Waals surface area contributed by atoms with Crippen LogP contribution in [0.3, 0.4) is 0 Å². The van der Waals surface area contributed by atoms with Crippen LogP contribution in [0.4, 0.5) is 0 Å². The Labute approximate surface area is 150 Å². The van der Waals surface area contributed by atoms with Crippen LogP contribution in [0.25, 0.3) is 0 Å². The summed E-state index contributed by atoms with van der Waals surface area (Å²) in [6.45, 7) is 12.1. The molecule has 0 amide bonds. The first-order valence-corrected chi connectivity index (χ1v) is 13.5. The molecule has 1 nitrogen and oxygen atoms in total. The van der Waals surface area contributed by atoms with Crippen molar-refractivity contribution >= 4 is 22.3 Å². The number of benzene rings is 2. The second-order valence-corrected chi connectivity index (χ2v) is 16.7. The monoisotopic (exact) mass is 353 g/mol. The van der Waals surface area contributed by atoms with Gasteiger partial charge in [-0.1, -0.05) is 94.2 Å². The van der Waals surface area contributed by atoms with Crippen molar-refractivity contribution in [3.05, 3.63) is 78.6 Å². The van der Waals surface area contributed by atoms with E-state index >= 15 is 0 Å². The maximum absolute atomic E-state index is 6.40. The van der Waals surface area contributed by atoms with Crippen LogP contribution >= 0.6 is 0 Å². The van der Waals surface area contributed by atoms with Crippen LogP contribution in [-0.2, 0) is 10.8 Å². The topological polar surface area (TPSA) is 9.23 Å². The Bertz CT molecular complexity index is 643. The molecule has 2 rings (SSSR count). The van der Waals surface area contributed by atoms with Gasteiger partial charge in [0.2, 0.25) is 0 Å². The maximum atomic E-state index is 6.40. The van der Waals surface area contributed by atoms with Crippen LogP contribution in [0.2, 0.25) is 24.3 Å². The summed E-state index contributed by atoms with van der Waals surface area (Å²) < 4.78 is 6.63. The Kier molecular flexibility index (Phi) is 6.24. The standard InChI is InChI=1S/C21H29OSi2/c1-21(2,24(3,4)5)23(20-16-10-7-11-17-20)22-18-12-15-19-13-8-6-9-14-19/h6-14,16-18H,15H2,1-5H3. The Hall–Kier alpha value is -1.59. The molecule has 0 aliphatic heterocycles. The molecule has 3 heteroatoms. The molecule has 0 bridgehead atoms. The fraction of sp³-hybridized carbons (Fsp3) is 0.333. The van der Waals surface area contributed by atoms with Crippen LogP contribution < -0.4 is 5.19 Å². The van der Waals surface area contributed by atoms with Crippen LogP contribution in [-0.4, -0.2) is 17.1 Å². The number of allylic oxidation sites excluding steroid dienone is 1. The molecule has 2 aromatic rings. The molecule has 2 aromatic carbocycles. The van der Waals surface area contributed by atoms with Gasteiger partial charge in [0.05, 0.1) is 14.3 Å². The lowest BCUT2D eigenvalue weighted by Crippen LogP contribution is -2.53. The van der Waals surface area contributed by atoms with Crippen molar-refractivity contribution in [3.8, 4) is 0 Å². The molecule has 0 aliphatic rings. The third-order valence-electron chi connectivity index (χ3n) is 4.96. The molecule has 0 spiro atoms. The van der Waals surface area contributed by atoms with Gasteiger partial charge in [-0.3, -0.25) is 0 Å². The first-order valence-electron chi connectivity index (χ1n) is 8.61. The van der Waals surface area contributed by atoms with E-state index in [9.17, 15) is 0 Å².